The second-order valence-corrected chi connectivity index (χ2v) is 6.79. The van der Waals surface area contributed by atoms with E-state index in [2.05, 4.69) is 10.4 Å². The largest absolute Gasteiger partial charge is 0.488 e. The number of benzene rings is 2. The number of halogens is 4. The molecular weight excluding hydrogens is 392 g/mol. The first kappa shape index (κ1) is 19.2. The number of alkyl halides is 4. The zero-order chi connectivity index (χ0) is 20.8. The van der Waals surface area contributed by atoms with Gasteiger partial charge in [-0.2, -0.15) is 9.36 Å². The third kappa shape index (κ3) is 3.50. The Labute approximate surface area is 162 Å². The molecule has 10 heteroatoms. The van der Waals surface area contributed by atoms with Gasteiger partial charge in [0.05, 0.1) is 17.2 Å². The smallest absolute Gasteiger partial charge is 0.368 e. The first-order valence-electron chi connectivity index (χ1n) is 8.78. The van der Waals surface area contributed by atoms with E-state index < -0.39 is 24.0 Å². The van der Waals surface area contributed by atoms with Crippen molar-refractivity contribution in [1.29, 1.82) is 0 Å². The Morgan fingerprint density at radius 3 is 2.52 bits per heavy atom. The highest BCUT2D eigenvalue weighted by atomic mass is 19.3. The molecule has 0 saturated heterocycles. The van der Waals surface area contributed by atoms with E-state index in [9.17, 15) is 22.4 Å². The maximum absolute atomic E-state index is 13.8. The Kier molecular flexibility index (Phi) is 4.64. The Bertz CT molecular complexity index is 1110. The van der Waals surface area contributed by atoms with Gasteiger partial charge in [-0.25, -0.2) is 22.4 Å². The van der Waals surface area contributed by atoms with Crippen LogP contribution in [-0.2, 0) is 13.7 Å². The molecule has 29 heavy (non-hydrogen) atoms. The number of rotatable bonds is 6. The van der Waals surface area contributed by atoms with E-state index in [-0.39, 0.29) is 35.6 Å². The molecule has 0 bridgehead atoms. The SMILES string of the molecule is Cn1nnn(-c2cccc(C3CC3(F)F)c2COc2ccccc2C(F)F)c1=O. The van der Waals surface area contributed by atoms with Gasteiger partial charge in [0, 0.05) is 19.0 Å². The van der Waals surface area contributed by atoms with Crippen LogP contribution in [-0.4, -0.2) is 25.7 Å². The average Bonchev–Trinajstić information content (AvgIpc) is 3.21. The highest BCUT2D eigenvalue weighted by molar-refractivity contribution is 5.49. The van der Waals surface area contributed by atoms with Gasteiger partial charge in [0.15, 0.2) is 0 Å². The molecule has 0 spiro atoms. The molecule has 2 aromatic carbocycles. The zero-order valence-electron chi connectivity index (χ0n) is 15.2. The fourth-order valence-corrected chi connectivity index (χ4v) is 3.23. The first-order valence-corrected chi connectivity index (χ1v) is 8.78. The summed E-state index contributed by atoms with van der Waals surface area (Å²) < 4.78 is 61.6. The van der Waals surface area contributed by atoms with Gasteiger partial charge in [-0.15, -0.1) is 0 Å². The summed E-state index contributed by atoms with van der Waals surface area (Å²) in [7, 11) is 1.40. The standard InChI is InChI=1S/C19H16F4N4O2/c1-26-18(28)27(25-24-26)15-7-4-6-11(14-9-19(14,22)23)13(15)10-29-16-8-3-2-5-12(16)17(20)21/h2-8,14,17H,9-10H2,1H3. The number of ether oxygens (including phenoxy) is 1. The summed E-state index contributed by atoms with van der Waals surface area (Å²) in [6.07, 6.45) is -3.08. The van der Waals surface area contributed by atoms with Crippen molar-refractivity contribution in [3.05, 3.63) is 69.6 Å². The van der Waals surface area contributed by atoms with Crippen LogP contribution in [0.2, 0.25) is 0 Å². The van der Waals surface area contributed by atoms with Gasteiger partial charge in [-0.1, -0.05) is 24.3 Å². The third-order valence-corrected chi connectivity index (χ3v) is 4.86. The summed E-state index contributed by atoms with van der Waals surface area (Å²) in [5.74, 6) is -3.95. The summed E-state index contributed by atoms with van der Waals surface area (Å²) in [5.41, 5.74) is -0.0855. The van der Waals surface area contributed by atoms with Crippen molar-refractivity contribution in [1.82, 2.24) is 19.8 Å². The van der Waals surface area contributed by atoms with Gasteiger partial charge in [0.1, 0.15) is 12.4 Å². The molecule has 1 atom stereocenters. The molecule has 0 N–H and O–H groups in total. The third-order valence-electron chi connectivity index (χ3n) is 4.86. The van der Waals surface area contributed by atoms with E-state index >= 15 is 0 Å². The molecule has 1 aliphatic rings. The van der Waals surface area contributed by atoms with Gasteiger partial charge in [-0.3, -0.25) is 0 Å². The van der Waals surface area contributed by atoms with Gasteiger partial charge < -0.3 is 4.74 Å². The van der Waals surface area contributed by atoms with Crippen molar-refractivity contribution in [2.75, 3.05) is 0 Å². The normalized spacial score (nSPS) is 17.5. The fraction of sp³-hybridized carbons (Fsp3) is 0.316. The Morgan fingerprint density at radius 2 is 1.90 bits per heavy atom. The molecule has 1 unspecified atom stereocenters. The van der Waals surface area contributed by atoms with E-state index in [1.165, 1.54) is 49.5 Å². The molecule has 0 radical (unpaired) electrons. The minimum atomic E-state index is -2.86. The van der Waals surface area contributed by atoms with E-state index in [0.29, 0.717) is 5.56 Å². The van der Waals surface area contributed by atoms with Crippen LogP contribution in [0.1, 0.15) is 35.5 Å². The van der Waals surface area contributed by atoms with Gasteiger partial charge >= 0.3 is 5.69 Å². The Morgan fingerprint density at radius 1 is 1.17 bits per heavy atom. The predicted molar refractivity (Wildman–Crippen MR) is 94.6 cm³/mol. The predicted octanol–water partition coefficient (Wildman–Crippen LogP) is 3.61. The highest BCUT2D eigenvalue weighted by Gasteiger charge is 2.58. The van der Waals surface area contributed by atoms with Crippen LogP contribution >= 0.6 is 0 Å². The minimum Gasteiger partial charge on any atom is -0.488 e. The second kappa shape index (κ2) is 7.02. The molecule has 1 fully saturated rings. The molecule has 1 aromatic heterocycles. The molecule has 1 saturated carbocycles. The average molecular weight is 408 g/mol. The topological polar surface area (TPSA) is 61.9 Å². The summed E-state index contributed by atoms with van der Waals surface area (Å²) >= 11 is 0. The lowest BCUT2D eigenvalue weighted by atomic mass is 10.0. The lowest BCUT2D eigenvalue weighted by Gasteiger charge is -2.16. The van der Waals surface area contributed by atoms with Crippen molar-refractivity contribution in [2.24, 2.45) is 7.05 Å². The molecule has 0 aliphatic heterocycles. The van der Waals surface area contributed by atoms with Crippen molar-refractivity contribution >= 4 is 0 Å². The summed E-state index contributed by atoms with van der Waals surface area (Å²) in [6, 6.07) is 10.2. The van der Waals surface area contributed by atoms with Crippen molar-refractivity contribution < 1.29 is 22.3 Å². The van der Waals surface area contributed by atoms with Crippen LogP contribution in [0.5, 0.6) is 5.75 Å². The Balaban J connectivity index is 1.77. The number of hydrogen-bond donors (Lipinski definition) is 0. The number of para-hydroxylation sites is 1. The maximum Gasteiger partial charge on any atom is 0.368 e. The molecule has 6 nitrogen and oxygen atoms in total. The molecule has 3 aromatic rings. The summed E-state index contributed by atoms with van der Waals surface area (Å²) in [4.78, 5) is 12.3. The maximum atomic E-state index is 13.8. The quantitative estimate of drug-likeness (QED) is 0.585. The Hall–Kier alpha value is -3.17. The number of nitrogens with zero attached hydrogens (tertiary/aromatic N) is 4. The lowest BCUT2D eigenvalue weighted by Crippen LogP contribution is -2.23. The van der Waals surface area contributed by atoms with E-state index in [1.807, 2.05) is 0 Å². The molecule has 1 aliphatic carbocycles. The fourth-order valence-electron chi connectivity index (χ4n) is 3.23. The van der Waals surface area contributed by atoms with Gasteiger partial charge in [-0.05, 0) is 34.2 Å². The monoisotopic (exact) mass is 408 g/mol. The van der Waals surface area contributed by atoms with E-state index in [4.69, 9.17) is 4.74 Å². The number of aromatic nitrogens is 4. The zero-order valence-corrected chi connectivity index (χ0v) is 15.2. The van der Waals surface area contributed by atoms with Crippen molar-refractivity contribution in [3.8, 4) is 11.4 Å². The van der Waals surface area contributed by atoms with Crippen LogP contribution in [0.15, 0.2) is 47.3 Å². The van der Waals surface area contributed by atoms with Crippen LogP contribution in [0.3, 0.4) is 0 Å². The summed E-state index contributed by atoms with van der Waals surface area (Å²) in [5, 5.41) is 7.40. The van der Waals surface area contributed by atoms with Crippen molar-refractivity contribution in [3.63, 3.8) is 0 Å². The molecule has 4 rings (SSSR count). The highest BCUT2D eigenvalue weighted by Crippen LogP contribution is 2.56. The molecule has 0 amide bonds. The first-order chi connectivity index (χ1) is 13.8. The number of aryl methyl sites for hydroxylation is 1. The lowest BCUT2D eigenvalue weighted by molar-refractivity contribution is 0.112. The van der Waals surface area contributed by atoms with E-state index in [0.717, 1.165) is 9.36 Å². The van der Waals surface area contributed by atoms with Gasteiger partial charge in [0.25, 0.3) is 12.3 Å². The molecule has 152 valence electrons. The van der Waals surface area contributed by atoms with Crippen LogP contribution < -0.4 is 10.4 Å². The van der Waals surface area contributed by atoms with Crippen LogP contribution in [0.25, 0.3) is 5.69 Å². The molecular formula is C19H16F4N4O2. The van der Waals surface area contributed by atoms with E-state index in [1.54, 1.807) is 0 Å². The number of tetrazole rings is 1. The van der Waals surface area contributed by atoms with Crippen LogP contribution in [0.4, 0.5) is 17.6 Å². The number of hydrogen-bond acceptors (Lipinski definition) is 4. The van der Waals surface area contributed by atoms with Crippen LogP contribution in [0, 0.1) is 0 Å². The summed E-state index contributed by atoms with van der Waals surface area (Å²) in [6.45, 7) is -0.287. The van der Waals surface area contributed by atoms with Gasteiger partial charge in [0.2, 0.25) is 0 Å². The second-order valence-electron chi connectivity index (χ2n) is 6.79. The minimum absolute atomic E-state index is 0.0581. The van der Waals surface area contributed by atoms with Crippen molar-refractivity contribution in [2.45, 2.75) is 31.3 Å². The molecule has 1 heterocycles.